The van der Waals surface area contributed by atoms with Crippen LogP contribution < -0.4 is 4.74 Å². The maximum Gasteiger partial charge on any atom is 0.260 e. The molecule has 0 saturated carbocycles. The first kappa shape index (κ1) is 21.6. The first-order valence-electron chi connectivity index (χ1n) is 11.4. The van der Waals surface area contributed by atoms with Gasteiger partial charge in [-0.3, -0.25) is 4.79 Å². The van der Waals surface area contributed by atoms with Crippen molar-refractivity contribution < 1.29 is 14.3 Å². The molecule has 0 unspecified atom stereocenters. The monoisotopic (exact) mass is 444 g/mol. The van der Waals surface area contributed by atoms with Crippen molar-refractivity contribution in [3.63, 3.8) is 0 Å². The molecule has 0 radical (unpaired) electrons. The van der Waals surface area contributed by atoms with Gasteiger partial charge < -0.3 is 19.3 Å². The number of rotatable bonds is 6. The minimum Gasteiger partial charge on any atom is -0.492 e. The SMILES string of the molecule is CN(C)CCCOc1c(C(=O)N2CCOCC2)c2nc3ccccc3nc2c2ccccc12. The van der Waals surface area contributed by atoms with Gasteiger partial charge in [-0.25, -0.2) is 9.97 Å². The van der Waals surface area contributed by atoms with Crippen molar-refractivity contribution in [2.75, 3.05) is 53.6 Å². The maximum atomic E-state index is 13.9. The van der Waals surface area contributed by atoms with Crippen molar-refractivity contribution in [1.29, 1.82) is 0 Å². The van der Waals surface area contributed by atoms with Gasteiger partial charge in [-0.1, -0.05) is 36.4 Å². The molecule has 1 aromatic heterocycles. The second-order valence-corrected chi connectivity index (χ2v) is 8.57. The number of hydrogen-bond acceptors (Lipinski definition) is 6. The summed E-state index contributed by atoms with van der Waals surface area (Å²) in [5, 5.41) is 1.82. The van der Waals surface area contributed by atoms with E-state index in [0.717, 1.165) is 40.3 Å². The van der Waals surface area contributed by atoms with Crippen LogP contribution >= 0.6 is 0 Å². The van der Waals surface area contributed by atoms with Gasteiger partial charge >= 0.3 is 0 Å². The lowest BCUT2D eigenvalue weighted by atomic mass is 10.0. The minimum absolute atomic E-state index is 0.0822. The maximum absolute atomic E-state index is 13.9. The Kier molecular flexibility index (Phi) is 6.07. The highest BCUT2D eigenvalue weighted by Gasteiger charge is 2.28. The summed E-state index contributed by atoms with van der Waals surface area (Å²) in [6, 6.07) is 15.7. The number of benzene rings is 3. The number of carbonyl (C=O) groups is 1. The van der Waals surface area contributed by atoms with Crippen LogP contribution in [0.2, 0.25) is 0 Å². The summed E-state index contributed by atoms with van der Waals surface area (Å²) in [7, 11) is 4.08. The van der Waals surface area contributed by atoms with Gasteiger partial charge in [0.2, 0.25) is 0 Å². The van der Waals surface area contributed by atoms with Gasteiger partial charge in [0.15, 0.2) is 0 Å². The Morgan fingerprint density at radius 2 is 1.61 bits per heavy atom. The summed E-state index contributed by atoms with van der Waals surface area (Å²) >= 11 is 0. The van der Waals surface area contributed by atoms with E-state index in [1.807, 2.05) is 67.5 Å². The molecule has 0 N–H and O–H groups in total. The summed E-state index contributed by atoms with van der Waals surface area (Å²) in [5.41, 5.74) is 3.37. The average Bonchev–Trinajstić information content (AvgIpc) is 2.85. The molecule has 33 heavy (non-hydrogen) atoms. The molecule has 1 aliphatic rings. The standard InChI is InChI=1S/C26H28N4O3/c1-29(2)12-7-15-33-25-19-9-4-3-8-18(19)23-24(28-21-11-6-5-10-20(21)27-23)22(25)26(31)30-13-16-32-17-14-30/h3-6,8-11H,7,12-17H2,1-2H3. The van der Waals surface area contributed by atoms with E-state index in [1.165, 1.54) is 0 Å². The van der Waals surface area contributed by atoms with E-state index < -0.39 is 0 Å². The Balaban J connectivity index is 1.74. The van der Waals surface area contributed by atoms with Crippen molar-refractivity contribution in [2.24, 2.45) is 0 Å². The molecule has 0 bridgehead atoms. The van der Waals surface area contributed by atoms with Gasteiger partial charge in [0.25, 0.3) is 5.91 Å². The number of carbonyl (C=O) groups excluding carboxylic acids is 1. The molecule has 0 atom stereocenters. The largest absolute Gasteiger partial charge is 0.492 e. The summed E-state index contributed by atoms with van der Waals surface area (Å²) in [4.78, 5) is 27.7. The number of ether oxygens (including phenoxy) is 2. The number of morpholine rings is 1. The van der Waals surface area contributed by atoms with E-state index >= 15 is 0 Å². The van der Waals surface area contributed by atoms with Crippen LogP contribution in [0.5, 0.6) is 5.75 Å². The van der Waals surface area contributed by atoms with Gasteiger partial charge in [0.05, 0.1) is 36.4 Å². The minimum atomic E-state index is -0.0822. The van der Waals surface area contributed by atoms with Crippen molar-refractivity contribution >= 4 is 38.7 Å². The van der Waals surface area contributed by atoms with Crippen molar-refractivity contribution in [2.45, 2.75) is 6.42 Å². The van der Waals surface area contributed by atoms with Crippen LogP contribution in [-0.2, 0) is 4.74 Å². The van der Waals surface area contributed by atoms with E-state index in [2.05, 4.69) is 4.90 Å². The Hall–Kier alpha value is -3.29. The van der Waals surface area contributed by atoms with Crippen molar-refractivity contribution in [3.8, 4) is 5.75 Å². The number of hydrogen-bond donors (Lipinski definition) is 0. The fourth-order valence-corrected chi connectivity index (χ4v) is 4.32. The van der Waals surface area contributed by atoms with Crippen molar-refractivity contribution in [3.05, 3.63) is 54.1 Å². The van der Waals surface area contributed by atoms with Crippen LogP contribution in [0.3, 0.4) is 0 Å². The molecule has 7 nitrogen and oxygen atoms in total. The molecule has 7 heteroatoms. The third-order valence-electron chi connectivity index (χ3n) is 5.97. The zero-order chi connectivity index (χ0) is 22.8. The van der Waals surface area contributed by atoms with Crippen LogP contribution in [0.15, 0.2) is 48.5 Å². The smallest absolute Gasteiger partial charge is 0.260 e. The summed E-state index contributed by atoms with van der Waals surface area (Å²) in [6.45, 7) is 3.58. The molecular weight excluding hydrogens is 416 g/mol. The molecule has 1 saturated heterocycles. The van der Waals surface area contributed by atoms with E-state index in [0.29, 0.717) is 49.7 Å². The van der Waals surface area contributed by atoms with Crippen LogP contribution in [0.25, 0.3) is 32.8 Å². The molecule has 1 amide bonds. The molecule has 0 spiro atoms. The Morgan fingerprint density at radius 1 is 0.970 bits per heavy atom. The highest BCUT2D eigenvalue weighted by Crippen LogP contribution is 2.38. The number of fused-ring (bicyclic) bond motifs is 4. The number of aromatic nitrogens is 2. The summed E-state index contributed by atoms with van der Waals surface area (Å²) in [6.07, 6.45) is 0.855. The molecule has 1 aliphatic heterocycles. The lowest BCUT2D eigenvalue weighted by Gasteiger charge is -2.28. The predicted molar refractivity (Wildman–Crippen MR) is 130 cm³/mol. The predicted octanol–water partition coefficient (Wildman–Crippen LogP) is 3.74. The lowest BCUT2D eigenvalue weighted by Crippen LogP contribution is -2.41. The van der Waals surface area contributed by atoms with E-state index in [-0.39, 0.29) is 5.91 Å². The molecule has 5 rings (SSSR count). The molecule has 170 valence electrons. The highest BCUT2D eigenvalue weighted by molar-refractivity contribution is 6.19. The topological polar surface area (TPSA) is 67.8 Å². The Labute approximate surface area is 192 Å². The molecule has 0 aliphatic carbocycles. The first-order chi connectivity index (χ1) is 16.1. The van der Waals surface area contributed by atoms with Crippen LogP contribution in [0.4, 0.5) is 0 Å². The fourth-order valence-electron chi connectivity index (χ4n) is 4.32. The number of amides is 1. The highest BCUT2D eigenvalue weighted by atomic mass is 16.5. The van der Waals surface area contributed by atoms with Gasteiger partial charge in [-0.2, -0.15) is 0 Å². The van der Waals surface area contributed by atoms with Gasteiger partial charge in [-0.15, -0.1) is 0 Å². The van der Waals surface area contributed by atoms with Crippen molar-refractivity contribution in [1.82, 2.24) is 19.8 Å². The van der Waals surface area contributed by atoms with Crippen LogP contribution in [0, 0.1) is 0 Å². The van der Waals surface area contributed by atoms with Crippen LogP contribution in [-0.4, -0.2) is 79.2 Å². The summed E-state index contributed by atoms with van der Waals surface area (Å²) in [5.74, 6) is 0.513. The molecule has 3 aromatic carbocycles. The van der Waals surface area contributed by atoms with E-state index in [4.69, 9.17) is 19.4 Å². The van der Waals surface area contributed by atoms with Gasteiger partial charge in [-0.05, 0) is 32.6 Å². The van der Waals surface area contributed by atoms with Crippen LogP contribution in [0.1, 0.15) is 16.8 Å². The third-order valence-corrected chi connectivity index (χ3v) is 5.97. The van der Waals surface area contributed by atoms with Gasteiger partial charge in [0.1, 0.15) is 16.8 Å². The molecule has 4 aromatic rings. The number of para-hydroxylation sites is 2. The number of nitrogens with zero attached hydrogens (tertiary/aromatic N) is 4. The Bertz CT molecular complexity index is 1320. The normalized spacial score (nSPS) is 14.5. The molecule has 1 fully saturated rings. The second kappa shape index (κ2) is 9.29. The molecule has 2 heterocycles. The molecular formula is C26H28N4O3. The second-order valence-electron chi connectivity index (χ2n) is 8.57. The van der Waals surface area contributed by atoms with Gasteiger partial charge in [0, 0.05) is 30.4 Å². The zero-order valence-electron chi connectivity index (χ0n) is 19.1. The Morgan fingerprint density at radius 3 is 2.30 bits per heavy atom. The third kappa shape index (κ3) is 4.21. The van der Waals surface area contributed by atoms with E-state index in [9.17, 15) is 4.79 Å². The van der Waals surface area contributed by atoms with E-state index in [1.54, 1.807) is 0 Å². The summed E-state index contributed by atoms with van der Waals surface area (Å²) < 4.78 is 11.8. The lowest BCUT2D eigenvalue weighted by molar-refractivity contribution is 0.0301. The first-order valence-corrected chi connectivity index (χ1v) is 11.4. The quantitative estimate of drug-likeness (QED) is 0.256. The average molecular weight is 445 g/mol. The zero-order valence-corrected chi connectivity index (χ0v) is 19.1. The fraction of sp³-hybridized carbons (Fsp3) is 0.346.